The molecule has 7 heteroatoms. The highest BCUT2D eigenvalue weighted by atomic mass is 35.5. The number of hydrogen-bond acceptors (Lipinski definition) is 4. The standard InChI is InChI=1S/C21H27ClN4O2/c1-24-18-6-2-4-15(22)21(18)16(23-24)11-25-9-13-8-14(10-25)19(12-27)26-17(13)5-3-7-20(26)28/h2,4,6,13-14,17,19,27H,3,5,7-12H2,1H3/t13-,14+,17+,19+/m1/s1. The van der Waals surface area contributed by atoms with E-state index in [4.69, 9.17) is 16.7 Å². The van der Waals surface area contributed by atoms with Crippen molar-refractivity contribution in [3.05, 3.63) is 28.9 Å². The molecule has 2 bridgehead atoms. The van der Waals surface area contributed by atoms with Crippen LogP contribution in [0.15, 0.2) is 18.2 Å². The largest absolute Gasteiger partial charge is 0.394 e. The molecule has 1 aromatic carbocycles. The van der Waals surface area contributed by atoms with Gasteiger partial charge < -0.3 is 10.0 Å². The van der Waals surface area contributed by atoms with Crippen LogP contribution in [0.3, 0.4) is 0 Å². The van der Waals surface area contributed by atoms with Gasteiger partial charge in [0, 0.05) is 44.5 Å². The molecule has 150 valence electrons. The Morgan fingerprint density at radius 3 is 2.93 bits per heavy atom. The number of aromatic nitrogens is 2. The summed E-state index contributed by atoms with van der Waals surface area (Å²) in [6.07, 6.45) is 3.78. The van der Waals surface area contributed by atoms with Crippen molar-refractivity contribution in [1.82, 2.24) is 19.6 Å². The van der Waals surface area contributed by atoms with Crippen molar-refractivity contribution in [2.75, 3.05) is 19.7 Å². The number of hydrogen-bond donors (Lipinski definition) is 1. The first-order valence-corrected chi connectivity index (χ1v) is 10.7. The average molecular weight is 403 g/mol. The van der Waals surface area contributed by atoms with E-state index in [9.17, 15) is 9.90 Å². The van der Waals surface area contributed by atoms with E-state index in [0.717, 1.165) is 60.5 Å². The van der Waals surface area contributed by atoms with Gasteiger partial charge >= 0.3 is 0 Å². The quantitative estimate of drug-likeness (QED) is 0.856. The lowest BCUT2D eigenvalue weighted by atomic mass is 9.72. The number of halogens is 1. The van der Waals surface area contributed by atoms with Crippen LogP contribution in [0.5, 0.6) is 0 Å². The summed E-state index contributed by atoms with van der Waals surface area (Å²) in [6.45, 7) is 2.69. The molecule has 28 heavy (non-hydrogen) atoms. The number of nitrogens with zero attached hydrogens (tertiary/aromatic N) is 4. The molecule has 3 aliphatic rings. The molecule has 3 saturated heterocycles. The van der Waals surface area contributed by atoms with Crippen LogP contribution >= 0.6 is 11.6 Å². The first-order chi connectivity index (χ1) is 13.6. The van der Waals surface area contributed by atoms with Crippen molar-refractivity contribution in [3.63, 3.8) is 0 Å². The first-order valence-electron chi connectivity index (χ1n) is 10.3. The van der Waals surface area contributed by atoms with Crippen LogP contribution in [0.4, 0.5) is 0 Å². The Bertz CT molecular complexity index is 899. The van der Waals surface area contributed by atoms with E-state index in [1.807, 2.05) is 28.8 Å². The number of amides is 1. The molecule has 0 spiro atoms. The maximum absolute atomic E-state index is 12.6. The molecule has 1 amide bonds. The summed E-state index contributed by atoms with van der Waals surface area (Å²) in [7, 11) is 1.96. The summed E-state index contributed by atoms with van der Waals surface area (Å²) in [5.41, 5.74) is 2.07. The van der Waals surface area contributed by atoms with Crippen molar-refractivity contribution >= 4 is 28.4 Å². The molecule has 0 unspecified atom stereocenters. The van der Waals surface area contributed by atoms with Gasteiger partial charge in [0.15, 0.2) is 0 Å². The van der Waals surface area contributed by atoms with Crippen molar-refractivity contribution in [1.29, 1.82) is 0 Å². The fourth-order valence-electron chi connectivity index (χ4n) is 5.91. The van der Waals surface area contributed by atoms with Gasteiger partial charge in [-0.3, -0.25) is 14.4 Å². The molecule has 1 N–H and O–H groups in total. The number of piperidine rings is 3. The highest BCUT2D eigenvalue weighted by Gasteiger charge is 2.49. The average Bonchev–Trinajstić information content (AvgIpc) is 2.99. The number of aliphatic hydroxyl groups excluding tert-OH is 1. The minimum absolute atomic E-state index is 0.0408. The van der Waals surface area contributed by atoms with Gasteiger partial charge in [0.25, 0.3) is 0 Å². The highest BCUT2D eigenvalue weighted by molar-refractivity contribution is 6.35. The van der Waals surface area contributed by atoms with E-state index in [0.29, 0.717) is 18.3 Å². The lowest BCUT2D eigenvalue weighted by molar-refractivity contribution is -0.155. The zero-order valence-electron chi connectivity index (χ0n) is 16.2. The monoisotopic (exact) mass is 402 g/mol. The van der Waals surface area contributed by atoms with Crippen molar-refractivity contribution < 1.29 is 9.90 Å². The molecule has 1 aromatic heterocycles. The highest BCUT2D eigenvalue weighted by Crippen LogP contribution is 2.42. The predicted octanol–water partition coefficient (Wildman–Crippen LogP) is 2.42. The van der Waals surface area contributed by atoms with Gasteiger partial charge in [-0.25, -0.2) is 0 Å². The minimum atomic E-state index is -0.0408. The molecule has 0 saturated carbocycles. The normalized spacial score (nSPS) is 30.7. The summed E-state index contributed by atoms with van der Waals surface area (Å²) in [5, 5.41) is 16.6. The Morgan fingerprint density at radius 2 is 2.11 bits per heavy atom. The van der Waals surface area contributed by atoms with Crippen LogP contribution in [0.25, 0.3) is 10.9 Å². The van der Waals surface area contributed by atoms with Crippen LogP contribution in [0.1, 0.15) is 31.4 Å². The lowest BCUT2D eigenvalue weighted by Gasteiger charge is -2.56. The summed E-state index contributed by atoms with van der Waals surface area (Å²) < 4.78 is 1.90. The van der Waals surface area contributed by atoms with Crippen molar-refractivity contribution in [3.8, 4) is 0 Å². The molecule has 0 radical (unpaired) electrons. The Balaban J connectivity index is 1.43. The Kier molecular flexibility index (Phi) is 4.61. The van der Waals surface area contributed by atoms with Gasteiger partial charge in [0.05, 0.1) is 28.9 Å². The number of aryl methyl sites for hydroxylation is 1. The third-order valence-electron chi connectivity index (χ3n) is 7.03. The molecule has 2 aromatic rings. The van der Waals surface area contributed by atoms with Gasteiger partial charge in [-0.2, -0.15) is 5.10 Å². The smallest absolute Gasteiger partial charge is 0.223 e. The molecule has 5 rings (SSSR count). The molecule has 3 aliphatic heterocycles. The fourth-order valence-corrected chi connectivity index (χ4v) is 6.19. The fraction of sp³-hybridized carbons (Fsp3) is 0.619. The van der Waals surface area contributed by atoms with E-state index >= 15 is 0 Å². The molecule has 3 fully saturated rings. The first kappa shape index (κ1) is 18.4. The third-order valence-corrected chi connectivity index (χ3v) is 7.35. The van der Waals surface area contributed by atoms with Crippen LogP contribution in [-0.2, 0) is 18.4 Å². The summed E-state index contributed by atoms with van der Waals surface area (Å²) in [5.74, 6) is 1.05. The summed E-state index contributed by atoms with van der Waals surface area (Å²) in [4.78, 5) is 17.1. The second kappa shape index (κ2) is 7.01. The zero-order valence-corrected chi connectivity index (χ0v) is 17.0. The van der Waals surface area contributed by atoms with Crippen LogP contribution in [-0.4, -0.2) is 62.4 Å². The number of aliphatic hydroxyl groups is 1. The summed E-state index contributed by atoms with van der Waals surface area (Å²) in [6, 6.07) is 6.17. The van der Waals surface area contributed by atoms with Gasteiger partial charge in [0.2, 0.25) is 5.91 Å². The number of carbonyl (C=O) groups is 1. The Labute approximate surface area is 170 Å². The van der Waals surface area contributed by atoms with Gasteiger partial charge in [-0.15, -0.1) is 0 Å². The third kappa shape index (κ3) is 2.85. The Morgan fingerprint density at radius 1 is 1.29 bits per heavy atom. The maximum Gasteiger partial charge on any atom is 0.223 e. The minimum Gasteiger partial charge on any atom is -0.394 e. The Hall–Kier alpha value is -1.63. The van der Waals surface area contributed by atoms with Crippen molar-refractivity contribution in [2.45, 2.75) is 44.3 Å². The lowest BCUT2D eigenvalue weighted by Crippen LogP contribution is -2.65. The molecular formula is C21H27ClN4O2. The van der Waals surface area contributed by atoms with Crippen LogP contribution in [0, 0.1) is 11.8 Å². The summed E-state index contributed by atoms with van der Waals surface area (Å²) >= 11 is 6.49. The zero-order chi connectivity index (χ0) is 19.4. The predicted molar refractivity (Wildman–Crippen MR) is 108 cm³/mol. The second-order valence-corrected chi connectivity index (χ2v) is 9.07. The molecule has 0 aliphatic carbocycles. The number of carbonyl (C=O) groups excluding carboxylic acids is 1. The SMILES string of the molecule is Cn1nc(CN2C[C@H]3C[C@@H](C2)[C@H](CO)N2C(=O)CCC[C@@H]32)c2c(Cl)cccc21. The maximum atomic E-state index is 12.6. The van der Waals surface area contributed by atoms with E-state index in [1.165, 1.54) is 0 Å². The number of benzene rings is 1. The van der Waals surface area contributed by atoms with Crippen LogP contribution < -0.4 is 0 Å². The second-order valence-electron chi connectivity index (χ2n) is 8.66. The molecular weight excluding hydrogens is 376 g/mol. The topological polar surface area (TPSA) is 61.6 Å². The molecule has 6 nitrogen and oxygen atoms in total. The number of likely N-dealkylation sites (tertiary alicyclic amines) is 1. The van der Waals surface area contributed by atoms with Crippen LogP contribution in [0.2, 0.25) is 5.02 Å². The number of fused-ring (bicyclic) bond motifs is 5. The molecule has 4 atom stereocenters. The van der Waals surface area contributed by atoms with Gasteiger partial charge in [0.1, 0.15) is 0 Å². The van der Waals surface area contributed by atoms with Crippen molar-refractivity contribution in [2.24, 2.45) is 18.9 Å². The van der Waals surface area contributed by atoms with Gasteiger partial charge in [-0.1, -0.05) is 17.7 Å². The van der Waals surface area contributed by atoms with Gasteiger partial charge in [-0.05, 0) is 43.2 Å². The van der Waals surface area contributed by atoms with E-state index in [-0.39, 0.29) is 24.6 Å². The van der Waals surface area contributed by atoms with E-state index in [1.54, 1.807) is 0 Å². The molecule has 4 heterocycles. The van der Waals surface area contributed by atoms with E-state index < -0.39 is 0 Å². The van der Waals surface area contributed by atoms with E-state index in [2.05, 4.69) is 11.0 Å². The number of rotatable bonds is 3.